The first-order valence-electron chi connectivity index (χ1n) is 6.07. The third-order valence-electron chi connectivity index (χ3n) is 2.57. The summed E-state index contributed by atoms with van der Waals surface area (Å²) in [5.41, 5.74) is 1.61. The summed E-state index contributed by atoms with van der Waals surface area (Å²) in [6.07, 6.45) is 1.62. The van der Waals surface area contributed by atoms with Crippen LogP contribution < -0.4 is 5.32 Å². The Labute approximate surface area is 113 Å². The Morgan fingerprint density at radius 2 is 2.26 bits per heavy atom. The third-order valence-corrected chi connectivity index (χ3v) is 2.57. The van der Waals surface area contributed by atoms with E-state index in [2.05, 4.69) is 11.9 Å². The molecule has 0 unspecified atom stereocenters. The fraction of sp³-hybridized carbons (Fsp3) is 0.357. The summed E-state index contributed by atoms with van der Waals surface area (Å²) in [4.78, 5) is 13.5. The van der Waals surface area contributed by atoms with Crippen molar-refractivity contribution in [3.05, 3.63) is 42.5 Å². The number of hydrogen-bond acceptors (Lipinski definition) is 3. The van der Waals surface area contributed by atoms with Crippen LogP contribution in [0.5, 0.6) is 0 Å². The predicted octanol–water partition coefficient (Wildman–Crippen LogP) is 1.85. The van der Waals surface area contributed by atoms with Gasteiger partial charge in [-0.05, 0) is 6.07 Å². The SMILES string of the molecule is C=CCN(CCO)C(=O)Nc1ccccc1COC. The molecule has 0 bridgehead atoms. The standard InChI is InChI=1S/C14H20N2O3/c1-3-8-16(9-10-17)14(18)15-13-7-5-4-6-12(13)11-19-2/h3-7,17H,1,8-11H2,2H3,(H,15,18). The molecule has 0 spiro atoms. The predicted molar refractivity (Wildman–Crippen MR) is 75.0 cm³/mol. The highest BCUT2D eigenvalue weighted by Gasteiger charge is 2.13. The number of nitrogens with zero attached hydrogens (tertiary/aromatic N) is 1. The Hall–Kier alpha value is -1.85. The molecule has 0 aliphatic heterocycles. The number of rotatable bonds is 7. The maximum atomic E-state index is 12.1. The minimum Gasteiger partial charge on any atom is -0.395 e. The first kappa shape index (κ1) is 15.2. The molecule has 0 radical (unpaired) electrons. The number of urea groups is 1. The average molecular weight is 264 g/mol. The van der Waals surface area contributed by atoms with Gasteiger partial charge in [-0.3, -0.25) is 0 Å². The van der Waals surface area contributed by atoms with Gasteiger partial charge in [0.05, 0.1) is 13.2 Å². The Morgan fingerprint density at radius 1 is 1.53 bits per heavy atom. The van der Waals surface area contributed by atoms with Crippen LogP contribution in [0.4, 0.5) is 10.5 Å². The van der Waals surface area contributed by atoms with E-state index < -0.39 is 0 Å². The van der Waals surface area contributed by atoms with Gasteiger partial charge in [-0.2, -0.15) is 0 Å². The van der Waals surface area contributed by atoms with E-state index in [0.717, 1.165) is 5.56 Å². The highest BCUT2D eigenvalue weighted by molar-refractivity contribution is 5.90. The van der Waals surface area contributed by atoms with Crippen molar-refractivity contribution in [2.45, 2.75) is 6.61 Å². The van der Waals surface area contributed by atoms with Crippen LogP contribution in [0.1, 0.15) is 5.56 Å². The van der Waals surface area contributed by atoms with Crippen molar-refractivity contribution in [2.75, 3.05) is 32.1 Å². The molecule has 0 fully saturated rings. The van der Waals surface area contributed by atoms with Gasteiger partial charge in [-0.15, -0.1) is 6.58 Å². The normalized spacial score (nSPS) is 10.0. The smallest absolute Gasteiger partial charge is 0.322 e. The second-order valence-electron chi connectivity index (χ2n) is 3.98. The van der Waals surface area contributed by atoms with Crippen LogP contribution in [0, 0.1) is 0 Å². The van der Waals surface area contributed by atoms with Crippen molar-refractivity contribution in [1.29, 1.82) is 0 Å². The Morgan fingerprint density at radius 3 is 2.89 bits per heavy atom. The summed E-state index contributed by atoms with van der Waals surface area (Å²) in [6.45, 7) is 4.60. The van der Waals surface area contributed by atoms with E-state index in [4.69, 9.17) is 9.84 Å². The number of nitrogens with one attached hydrogen (secondary N) is 1. The molecular formula is C14H20N2O3. The van der Waals surface area contributed by atoms with Gasteiger partial charge in [0.15, 0.2) is 0 Å². The zero-order chi connectivity index (χ0) is 14.1. The Balaban J connectivity index is 2.76. The maximum Gasteiger partial charge on any atom is 0.322 e. The minimum absolute atomic E-state index is 0.0824. The summed E-state index contributed by atoms with van der Waals surface area (Å²) in [5.74, 6) is 0. The summed E-state index contributed by atoms with van der Waals surface area (Å²) in [6, 6.07) is 7.18. The molecule has 1 aromatic carbocycles. The summed E-state index contributed by atoms with van der Waals surface area (Å²) < 4.78 is 5.08. The maximum absolute atomic E-state index is 12.1. The van der Waals surface area contributed by atoms with E-state index in [9.17, 15) is 4.79 Å². The summed E-state index contributed by atoms with van der Waals surface area (Å²) in [5, 5.41) is 11.8. The Kier molecular flexibility index (Phi) is 6.63. The number of aliphatic hydroxyl groups is 1. The molecule has 0 saturated carbocycles. The molecule has 0 aliphatic rings. The lowest BCUT2D eigenvalue weighted by Crippen LogP contribution is -2.37. The van der Waals surface area contributed by atoms with Crippen LogP contribution >= 0.6 is 0 Å². The molecular weight excluding hydrogens is 244 g/mol. The van der Waals surface area contributed by atoms with E-state index in [1.165, 1.54) is 4.90 Å². The van der Waals surface area contributed by atoms with Crippen molar-refractivity contribution in [1.82, 2.24) is 4.90 Å². The highest BCUT2D eigenvalue weighted by atomic mass is 16.5. The first-order valence-corrected chi connectivity index (χ1v) is 6.07. The summed E-state index contributed by atoms with van der Waals surface area (Å²) in [7, 11) is 1.61. The van der Waals surface area contributed by atoms with Gasteiger partial charge in [0.25, 0.3) is 0 Å². The lowest BCUT2D eigenvalue weighted by atomic mass is 10.2. The molecule has 1 rings (SSSR count). The van der Waals surface area contributed by atoms with E-state index in [-0.39, 0.29) is 19.2 Å². The van der Waals surface area contributed by atoms with Gasteiger partial charge in [0.2, 0.25) is 0 Å². The van der Waals surface area contributed by atoms with Crippen LogP contribution in [-0.4, -0.2) is 42.8 Å². The van der Waals surface area contributed by atoms with Crippen molar-refractivity contribution in [3.63, 3.8) is 0 Å². The number of aliphatic hydroxyl groups excluding tert-OH is 1. The fourth-order valence-corrected chi connectivity index (χ4v) is 1.67. The quantitative estimate of drug-likeness (QED) is 0.739. The lowest BCUT2D eigenvalue weighted by molar-refractivity contribution is 0.185. The van der Waals surface area contributed by atoms with Gasteiger partial charge < -0.3 is 20.1 Å². The third kappa shape index (κ3) is 4.73. The molecule has 5 heteroatoms. The zero-order valence-corrected chi connectivity index (χ0v) is 11.1. The molecule has 0 heterocycles. The first-order chi connectivity index (χ1) is 9.22. The molecule has 19 heavy (non-hydrogen) atoms. The molecule has 0 aliphatic carbocycles. The monoisotopic (exact) mass is 264 g/mol. The van der Waals surface area contributed by atoms with Gasteiger partial charge >= 0.3 is 6.03 Å². The summed E-state index contributed by atoms with van der Waals surface area (Å²) >= 11 is 0. The molecule has 2 amide bonds. The minimum atomic E-state index is -0.266. The number of carbonyl (C=O) groups is 1. The van der Waals surface area contributed by atoms with Crippen LogP contribution in [-0.2, 0) is 11.3 Å². The molecule has 104 valence electrons. The molecule has 1 aromatic rings. The Bertz CT molecular complexity index is 421. The number of amides is 2. The fourth-order valence-electron chi connectivity index (χ4n) is 1.67. The lowest BCUT2D eigenvalue weighted by Gasteiger charge is -2.21. The van der Waals surface area contributed by atoms with Crippen molar-refractivity contribution >= 4 is 11.7 Å². The number of para-hydroxylation sites is 1. The number of methoxy groups -OCH3 is 1. The van der Waals surface area contributed by atoms with Crippen LogP contribution in [0.25, 0.3) is 0 Å². The number of hydrogen-bond donors (Lipinski definition) is 2. The van der Waals surface area contributed by atoms with Crippen LogP contribution in [0.15, 0.2) is 36.9 Å². The molecule has 0 atom stereocenters. The molecule has 0 aromatic heterocycles. The number of benzene rings is 1. The van der Waals surface area contributed by atoms with Gasteiger partial charge in [0.1, 0.15) is 0 Å². The second kappa shape index (κ2) is 8.29. The average Bonchev–Trinajstić information content (AvgIpc) is 2.41. The highest BCUT2D eigenvalue weighted by Crippen LogP contribution is 2.16. The molecule has 0 saturated heterocycles. The zero-order valence-electron chi connectivity index (χ0n) is 11.1. The van der Waals surface area contributed by atoms with Gasteiger partial charge in [-0.1, -0.05) is 24.3 Å². The van der Waals surface area contributed by atoms with Gasteiger partial charge in [0, 0.05) is 31.5 Å². The van der Waals surface area contributed by atoms with Crippen molar-refractivity contribution in [3.8, 4) is 0 Å². The van der Waals surface area contributed by atoms with Crippen LogP contribution in [0.2, 0.25) is 0 Å². The van der Waals surface area contributed by atoms with Gasteiger partial charge in [-0.25, -0.2) is 4.79 Å². The number of anilines is 1. The molecule has 5 nitrogen and oxygen atoms in total. The topological polar surface area (TPSA) is 61.8 Å². The van der Waals surface area contributed by atoms with E-state index in [1.54, 1.807) is 13.2 Å². The van der Waals surface area contributed by atoms with Crippen molar-refractivity contribution < 1.29 is 14.6 Å². The van der Waals surface area contributed by atoms with Crippen molar-refractivity contribution in [2.24, 2.45) is 0 Å². The second-order valence-corrected chi connectivity index (χ2v) is 3.98. The largest absolute Gasteiger partial charge is 0.395 e. The molecule has 2 N–H and O–H groups in total. The van der Waals surface area contributed by atoms with E-state index >= 15 is 0 Å². The number of carbonyl (C=O) groups excluding carboxylic acids is 1. The van der Waals surface area contributed by atoms with E-state index in [0.29, 0.717) is 18.8 Å². The van der Waals surface area contributed by atoms with Crippen LogP contribution in [0.3, 0.4) is 0 Å². The van der Waals surface area contributed by atoms with E-state index in [1.807, 2.05) is 24.3 Å². The number of ether oxygens (including phenoxy) is 1.